The number of benzene rings is 1. The monoisotopic (exact) mass is 295 g/mol. The standard InChI is InChI=1S/C14H18FN3O3/c1-16-8-10-3-2-6-17(9-10)14(19)12-7-11(18(20)21)4-5-13(12)15/h4-5,7,10,16H,2-3,6,8-9H2,1H3. The van der Waals surface area contributed by atoms with E-state index in [0.717, 1.165) is 37.6 Å². The van der Waals surface area contributed by atoms with Crippen LogP contribution in [0.2, 0.25) is 0 Å². The van der Waals surface area contributed by atoms with Gasteiger partial charge in [0.2, 0.25) is 0 Å². The lowest BCUT2D eigenvalue weighted by molar-refractivity contribution is -0.384. The second-order valence-corrected chi connectivity index (χ2v) is 5.24. The number of hydrogen-bond donors (Lipinski definition) is 1. The van der Waals surface area contributed by atoms with E-state index in [9.17, 15) is 19.3 Å². The zero-order valence-corrected chi connectivity index (χ0v) is 11.8. The summed E-state index contributed by atoms with van der Waals surface area (Å²) in [6.07, 6.45) is 1.87. The maximum absolute atomic E-state index is 13.8. The van der Waals surface area contributed by atoms with Crippen LogP contribution < -0.4 is 5.32 Å². The average Bonchev–Trinajstić information content (AvgIpc) is 2.47. The summed E-state index contributed by atoms with van der Waals surface area (Å²) in [6, 6.07) is 3.05. The van der Waals surface area contributed by atoms with E-state index < -0.39 is 16.6 Å². The molecule has 0 radical (unpaired) electrons. The van der Waals surface area contributed by atoms with Gasteiger partial charge in [-0.3, -0.25) is 14.9 Å². The Hall–Kier alpha value is -2.02. The number of non-ortho nitro benzene ring substituents is 1. The van der Waals surface area contributed by atoms with Gasteiger partial charge in [0.05, 0.1) is 10.5 Å². The summed E-state index contributed by atoms with van der Waals surface area (Å²) in [5.74, 6) is -0.868. The van der Waals surface area contributed by atoms with Gasteiger partial charge in [-0.25, -0.2) is 4.39 Å². The number of piperidine rings is 1. The van der Waals surface area contributed by atoms with Crippen LogP contribution in [0.4, 0.5) is 10.1 Å². The number of rotatable bonds is 4. The highest BCUT2D eigenvalue weighted by atomic mass is 19.1. The maximum Gasteiger partial charge on any atom is 0.270 e. The molecule has 1 atom stereocenters. The van der Waals surface area contributed by atoms with Crippen molar-refractivity contribution in [1.29, 1.82) is 0 Å². The Morgan fingerprint density at radius 1 is 1.57 bits per heavy atom. The summed E-state index contributed by atoms with van der Waals surface area (Å²) in [4.78, 5) is 24.1. The minimum absolute atomic E-state index is 0.227. The van der Waals surface area contributed by atoms with Crippen LogP contribution in [0.15, 0.2) is 18.2 Å². The molecule has 7 heteroatoms. The molecule has 6 nitrogen and oxygen atoms in total. The van der Waals surface area contributed by atoms with Crippen molar-refractivity contribution in [2.45, 2.75) is 12.8 Å². The number of amides is 1. The largest absolute Gasteiger partial charge is 0.338 e. The molecule has 1 aliphatic heterocycles. The number of hydrogen-bond acceptors (Lipinski definition) is 4. The van der Waals surface area contributed by atoms with Crippen molar-refractivity contribution in [2.24, 2.45) is 5.92 Å². The molecule has 1 unspecified atom stereocenters. The van der Waals surface area contributed by atoms with E-state index in [1.165, 1.54) is 0 Å². The molecule has 1 heterocycles. The molecule has 0 saturated carbocycles. The van der Waals surface area contributed by atoms with E-state index >= 15 is 0 Å². The molecule has 1 N–H and O–H groups in total. The normalized spacial score (nSPS) is 18.6. The molecule has 0 bridgehead atoms. The highest BCUT2D eigenvalue weighted by molar-refractivity contribution is 5.95. The number of nitrogens with zero attached hydrogens (tertiary/aromatic N) is 2. The Morgan fingerprint density at radius 3 is 3.00 bits per heavy atom. The summed E-state index contributed by atoms with van der Waals surface area (Å²) in [7, 11) is 1.85. The Labute approximate surface area is 122 Å². The van der Waals surface area contributed by atoms with Crippen molar-refractivity contribution in [2.75, 3.05) is 26.7 Å². The van der Waals surface area contributed by atoms with Gasteiger partial charge < -0.3 is 10.2 Å². The SMILES string of the molecule is CNCC1CCCN(C(=O)c2cc([N+](=O)[O-])ccc2F)C1. The van der Waals surface area contributed by atoms with Crippen LogP contribution in [0, 0.1) is 21.8 Å². The first-order valence-electron chi connectivity index (χ1n) is 6.90. The van der Waals surface area contributed by atoms with Crippen molar-refractivity contribution in [3.63, 3.8) is 0 Å². The molecule has 21 heavy (non-hydrogen) atoms. The Bertz CT molecular complexity index is 548. The van der Waals surface area contributed by atoms with Crippen LogP contribution in [-0.2, 0) is 0 Å². The van der Waals surface area contributed by atoms with Crippen LogP contribution in [-0.4, -0.2) is 42.4 Å². The van der Waals surface area contributed by atoms with E-state index in [-0.39, 0.29) is 11.3 Å². The first kappa shape index (κ1) is 15.4. The number of carbonyl (C=O) groups is 1. The molecule has 1 saturated heterocycles. The van der Waals surface area contributed by atoms with Crippen LogP contribution in [0.3, 0.4) is 0 Å². The minimum atomic E-state index is -0.721. The molecule has 0 aliphatic carbocycles. The minimum Gasteiger partial charge on any atom is -0.338 e. The van der Waals surface area contributed by atoms with Crippen molar-refractivity contribution >= 4 is 11.6 Å². The van der Waals surface area contributed by atoms with E-state index in [2.05, 4.69) is 5.32 Å². The van der Waals surface area contributed by atoms with Gasteiger partial charge in [0.25, 0.3) is 11.6 Å². The molecule has 0 spiro atoms. The van der Waals surface area contributed by atoms with E-state index in [1.54, 1.807) is 4.90 Å². The fourth-order valence-corrected chi connectivity index (χ4v) is 2.67. The molecular weight excluding hydrogens is 277 g/mol. The molecule has 114 valence electrons. The summed E-state index contributed by atoms with van der Waals surface area (Å²) in [5, 5.41) is 13.8. The second kappa shape index (κ2) is 6.62. The fraction of sp³-hybridized carbons (Fsp3) is 0.500. The third kappa shape index (κ3) is 3.55. The predicted octanol–water partition coefficient (Wildman–Crippen LogP) is 1.81. The van der Waals surface area contributed by atoms with E-state index in [4.69, 9.17) is 0 Å². The Kier molecular flexibility index (Phi) is 4.85. The van der Waals surface area contributed by atoms with Crippen molar-refractivity contribution in [3.05, 3.63) is 39.7 Å². The summed E-state index contributed by atoms with van der Waals surface area (Å²) >= 11 is 0. The quantitative estimate of drug-likeness (QED) is 0.679. The van der Waals surface area contributed by atoms with Gasteiger partial charge in [-0.15, -0.1) is 0 Å². The topological polar surface area (TPSA) is 75.5 Å². The van der Waals surface area contributed by atoms with Gasteiger partial charge in [0, 0.05) is 25.2 Å². The molecule has 0 aromatic heterocycles. The number of nitro benzene ring substituents is 1. The van der Waals surface area contributed by atoms with Crippen molar-refractivity contribution in [1.82, 2.24) is 10.2 Å². The van der Waals surface area contributed by atoms with E-state index in [1.807, 2.05) is 7.05 Å². The average molecular weight is 295 g/mol. The number of halogens is 1. The second-order valence-electron chi connectivity index (χ2n) is 5.24. The van der Waals surface area contributed by atoms with Crippen molar-refractivity contribution < 1.29 is 14.1 Å². The number of nitro groups is 1. The van der Waals surface area contributed by atoms with Gasteiger partial charge in [0.15, 0.2) is 0 Å². The molecule has 1 amide bonds. The lowest BCUT2D eigenvalue weighted by Crippen LogP contribution is -2.42. The Morgan fingerprint density at radius 2 is 2.33 bits per heavy atom. The van der Waals surface area contributed by atoms with Crippen LogP contribution in [0.5, 0.6) is 0 Å². The highest BCUT2D eigenvalue weighted by Crippen LogP contribution is 2.22. The molecule has 1 aromatic rings. The van der Waals surface area contributed by atoms with Crippen LogP contribution in [0.25, 0.3) is 0 Å². The zero-order valence-electron chi connectivity index (χ0n) is 11.8. The number of nitrogens with one attached hydrogen (secondary N) is 1. The van der Waals surface area contributed by atoms with Crippen LogP contribution >= 0.6 is 0 Å². The smallest absolute Gasteiger partial charge is 0.270 e. The van der Waals surface area contributed by atoms with Gasteiger partial charge >= 0.3 is 0 Å². The van der Waals surface area contributed by atoms with Crippen molar-refractivity contribution in [3.8, 4) is 0 Å². The predicted molar refractivity (Wildman–Crippen MR) is 75.6 cm³/mol. The Balaban J connectivity index is 2.19. The van der Waals surface area contributed by atoms with Gasteiger partial charge in [-0.05, 0) is 38.4 Å². The van der Waals surface area contributed by atoms with E-state index in [0.29, 0.717) is 19.0 Å². The molecular formula is C14H18FN3O3. The first-order chi connectivity index (χ1) is 10.0. The maximum atomic E-state index is 13.8. The lowest BCUT2D eigenvalue weighted by Gasteiger charge is -2.32. The molecule has 1 aliphatic rings. The molecule has 1 aromatic carbocycles. The summed E-state index contributed by atoms with van der Waals surface area (Å²) < 4.78 is 13.8. The number of likely N-dealkylation sites (tertiary alicyclic amines) is 1. The zero-order chi connectivity index (χ0) is 15.4. The third-order valence-electron chi connectivity index (χ3n) is 3.69. The van der Waals surface area contributed by atoms with Crippen LogP contribution in [0.1, 0.15) is 23.2 Å². The number of carbonyl (C=O) groups excluding carboxylic acids is 1. The summed E-state index contributed by atoms with van der Waals surface area (Å²) in [6.45, 7) is 1.89. The van der Waals surface area contributed by atoms with Gasteiger partial charge in [-0.1, -0.05) is 0 Å². The first-order valence-corrected chi connectivity index (χ1v) is 6.90. The third-order valence-corrected chi connectivity index (χ3v) is 3.69. The highest BCUT2D eigenvalue weighted by Gasteiger charge is 2.27. The molecule has 2 rings (SSSR count). The van der Waals surface area contributed by atoms with Gasteiger partial charge in [-0.2, -0.15) is 0 Å². The molecule has 1 fully saturated rings. The lowest BCUT2D eigenvalue weighted by atomic mass is 9.97. The summed E-state index contributed by atoms with van der Waals surface area (Å²) in [5.41, 5.74) is -0.502. The fourth-order valence-electron chi connectivity index (χ4n) is 2.67. The van der Waals surface area contributed by atoms with Gasteiger partial charge in [0.1, 0.15) is 5.82 Å².